The van der Waals surface area contributed by atoms with Crippen molar-refractivity contribution in [2.75, 3.05) is 10.2 Å². The smallest absolute Gasteiger partial charge is 0.294 e. The topological polar surface area (TPSA) is 53.3 Å². The van der Waals surface area contributed by atoms with E-state index in [2.05, 4.69) is 5.32 Å². The minimum atomic E-state index is -1.35. The number of anilines is 2. The quantitative estimate of drug-likeness (QED) is 0.395. The second kappa shape index (κ2) is 8.69. The first-order valence-corrected chi connectivity index (χ1v) is 9.42. The second-order valence-electron chi connectivity index (χ2n) is 6.95. The molecule has 4 rings (SSSR count). The molecule has 5 nitrogen and oxygen atoms in total. The van der Waals surface area contributed by atoms with Gasteiger partial charge in [0.2, 0.25) is 17.8 Å². The normalized spacial score (nSPS) is 17.7. The molecular formula is C22H18ClFIN3O2. The van der Waals surface area contributed by atoms with Crippen LogP contribution in [0.3, 0.4) is 0 Å². The number of rotatable bonds is 3. The van der Waals surface area contributed by atoms with E-state index in [0.29, 0.717) is 22.1 Å². The predicted octanol–water partition coefficient (Wildman–Crippen LogP) is 0.671. The first-order valence-electron chi connectivity index (χ1n) is 9.04. The van der Waals surface area contributed by atoms with Crippen LogP contribution in [0.25, 0.3) is 0 Å². The number of amides is 2. The Bertz CT molecular complexity index is 1090. The number of carbonyl (C=O) groups is 2. The first kappa shape index (κ1) is 22.2. The van der Waals surface area contributed by atoms with Crippen molar-refractivity contribution in [2.45, 2.75) is 19.0 Å². The highest BCUT2D eigenvalue weighted by atomic mass is 127. The molecule has 0 saturated carbocycles. The minimum absolute atomic E-state index is 0. The molecule has 0 spiro atoms. The fourth-order valence-corrected chi connectivity index (χ4v) is 3.76. The van der Waals surface area contributed by atoms with Crippen LogP contribution in [-0.4, -0.2) is 11.8 Å². The van der Waals surface area contributed by atoms with Crippen LogP contribution >= 0.6 is 11.6 Å². The van der Waals surface area contributed by atoms with Gasteiger partial charge in [-0.05, 0) is 55.5 Å². The highest BCUT2D eigenvalue weighted by molar-refractivity contribution is 6.30. The molecule has 1 aromatic heterocycles. The Morgan fingerprint density at radius 3 is 2.43 bits per heavy atom. The standard InChI is InChI=1S/C22H17ClFN3O2.HI/c1-22(21(29)25-17-9-5-15(23)6-10-17)19-4-2-3-13-26(19)14-20(28)27(22)18-11-7-16(24)8-12-18;/h2-13H,14H2,1H3;1H. The van der Waals surface area contributed by atoms with E-state index in [9.17, 15) is 14.0 Å². The van der Waals surface area contributed by atoms with Gasteiger partial charge in [-0.1, -0.05) is 17.7 Å². The van der Waals surface area contributed by atoms with E-state index in [0.717, 1.165) is 0 Å². The lowest BCUT2D eigenvalue weighted by Gasteiger charge is -2.40. The maximum absolute atomic E-state index is 13.5. The van der Waals surface area contributed by atoms with E-state index in [4.69, 9.17) is 11.6 Å². The SMILES string of the molecule is CC1(C(=O)Nc2ccc(Cl)cc2)c2cccc[n+]2CC(=O)N1c1ccc(F)cc1.[I-]. The summed E-state index contributed by atoms with van der Waals surface area (Å²) in [6.07, 6.45) is 1.77. The predicted molar refractivity (Wildman–Crippen MR) is 108 cm³/mol. The van der Waals surface area contributed by atoms with Crippen LogP contribution < -0.4 is 38.8 Å². The lowest BCUT2D eigenvalue weighted by Crippen LogP contribution is -3.00. The third-order valence-corrected chi connectivity index (χ3v) is 5.32. The maximum atomic E-state index is 13.5. The number of fused-ring (bicyclic) bond motifs is 1. The largest absolute Gasteiger partial charge is 1.00 e. The molecule has 0 fully saturated rings. The molecule has 0 radical (unpaired) electrons. The van der Waals surface area contributed by atoms with Crippen molar-refractivity contribution < 1.29 is 42.5 Å². The van der Waals surface area contributed by atoms with Gasteiger partial charge in [0, 0.05) is 28.5 Å². The molecular weight excluding hydrogens is 520 g/mol. The second-order valence-corrected chi connectivity index (χ2v) is 7.39. The number of benzene rings is 2. The van der Waals surface area contributed by atoms with Crippen molar-refractivity contribution in [3.05, 3.63) is 89.5 Å². The zero-order chi connectivity index (χ0) is 20.6. The molecule has 2 amide bonds. The van der Waals surface area contributed by atoms with Crippen molar-refractivity contribution in [3.63, 3.8) is 0 Å². The lowest BCUT2D eigenvalue weighted by atomic mass is 9.89. The van der Waals surface area contributed by atoms with Crippen LogP contribution in [0.1, 0.15) is 12.6 Å². The average molecular weight is 538 g/mol. The summed E-state index contributed by atoms with van der Waals surface area (Å²) in [4.78, 5) is 28.0. The number of pyridine rings is 1. The van der Waals surface area contributed by atoms with Gasteiger partial charge in [0.1, 0.15) is 5.82 Å². The number of aromatic nitrogens is 1. The third kappa shape index (κ3) is 3.91. The monoisotopic (exact) mass is 537 g/mol. The fraction of sp³-hybridized carbons (Fsp3) is 0.136. The first-order chi connectivity index (χ1) is 13.9. The van der Waals surface area contributed by atoms with Crippen LogP contribution in [0, 0.1) is 5.82 Å². The Kier molecular flexibility index (Phi) is 6.42. The molecule has 8 heteroatoms. The number of nitrogens with zero attached hydrogens (tertiary/aromatic N) is 2. The van der Waals surface area contributed by atoms with E-state index in [1.54, 1.807) is 42.0 Å². The van der Waals surface area contributed by atoms with Gasteiger partial charge in [0.05, 0.1) is 0 Å². The summed E-state index contributed by atoms with van der Waals surface area (Å²) in [6.45, 7) is 1.77. The molecule has 2 heterocycles. The Morgan fingerprint density at radius 2 is 1.77 bits per heavy atom. The van der Waals surface area contributed by atoms with Crippen LogP contribution in [0.15, 0.2) is 72.9 Å². The summed E-state index contributed by atoms with van der Waals surface area (Å²) in [6, 6.07) is 17.7. The Labute approximate surface area is 195 Å². The minimum Gasteiger partial charge on any atom is -1.00 e. The summed E-state index contributed by atoms with van der Waals surface area (Å²) in [5.41, 5.74) is 0.296. The lowest BCUT2D eigenvalue weighted by molar-refractivity contribution is -0.697. The number of halogens is 3. The van der Waals surface area contributed by atoms with Crippen LogP contribution in [0.4, 0.5) is 15.8 Å². The number of hydrogen-bond donors (Lipinski definition) is 1. The molecule has 30 heavy (non-hydrogen) atoms. The van der Waals surface area contributed by atoms with Gasteiger partial charge in [-0.25, -0.2) is 4.39 Å². The number of hydrogen-bond acceptors (Lipinski definition) is 2. The van der Waals surface area contributed by atoms with Crippen LogP contribution in [0.2, 0.25) is 5.02 Å². The molecule has 1 N–H and O–H groups in total. The molecule has 0 aliphatic carbocycles. The van der Waals surface area contributed by atoms with E-state index in [1.165, 1.54) is 29.2 Å². The number of carbonyl (C=O) groups excluding carboxylic acids is 2. The van der Waals surface area contributed by atoms with Gasteiger partial charge in [-0.3, -0.25) is 14.5 Å². The summed E-state index contributed by atoms with van der Waals surface area (Å²) < 4.78 is 15.2. The van der Waals surface area contributed by atoms with Gasteiger partial charge >= 0.3 is 0 Å². The average Bonchev–Trinajstić information content (AvgIpc) is 2.71. The number of nitrogens with one attached hydrogen (secondary N) is 1. The van der Waals surface area contributed by atoms with Crippen molar-refractivity contribution in [2.24, 2.45) is 0 Å². The highest BCUT2D eigenvalue weighted by Gasteiger charge is 2.54. The summed E-state index contributed by atoms with van der Waals surface area (Å²) >= 11 is 5.93. The summed E-state index contributed by atoms with van der Waals surface area (Å²) in [5, 5.41) is 3.42. The summed E-state index contributed by atoms with van der Waals surface area (Å²) in [7, 11) is 0. The zero-order valence-electron chi connectivity index (χ0n) is 16.0. The van der Waals surface area contributed by atoms with E-state index >= 15 is 0 Å². The van der Waals surface area contributed by atoms with E-state index in [-0.39, 0.29) is 36.4 Å². The molecule has 1 atom stereocenters. The molecule has 154 valence electrons. The molecule has 3 aromatic rings. The van der Waals surface area contributed by atoms with Crippen molar-refractivity contribution in [3.8, 4) is 0 Å². The molecule has 1 aliphatic rings. The Morgan fingerprint density at radius 1 is 1.10 bits per heavy atom. The van der Waals surface area contributed by atoms with Crippen LogP contribution in [0.5, 0.6) is 0 Å². The molecule has 1 aliphatic heterocycles. The third-order valence-electron chi connectivity index (χ3n) is 5.07. The van der Waals surface area contributed by atoms with E-state index in [1.807, 2.05) is 18.2 Å². The Hall–Kier alpha value is -2.52. The zero-order valence-corrected chi connectivity index (χ0v) is 18.9. The van der Waals surface area contributed by atoms with Gasteiger partial charge in [0.25, 0.3) is 11.8 Å². The molecule has 0 saturated heterocycles. The Balaban J connectivity index is 0.00000256. The van der Waals surface area contributed by atoms with Crippen molar-refractivity contribution in [1.29, 1.82) is 0 Å². The van der Waals surface area contributed by atoms with Gasteiger partial charge in [0.15, 0.2) is 6.20 Å². The van der Waals surface area contributed by atoms with Crippen LogP contribution in [-0.2, 0) is 21.7 Å². The highest BCUT2D eigenvalue weighted by Crippen LogP contribution is 2.35. The van der Waals surface area contributed by atoms with Gasteiger partial charge in [-0.2, -0.15) is 4.57 Å². The molecule has 1 unspecified atom stereocenters. The fourth-order valence-electron chi connectivity index (χ4n) is 3.63. The maximum Gasteiger partial charge on any atom is 0.294 e. The van der Waals surface area contributed by atoms with Gasteiger partial charge < -0.3 is 29.3 Å². The van der Waals surface area contributed by atoms with Crippen molar-refractivity contribution >= 4 is 34.8 Å². The molecule has 2 aromatic carbocycles. The van der Waals surface area contributed by atoms with E-state index < -0.39 is 17.3 Å². The van der Waals surface area contributed by atoms with Crippen molar-refractivity contribution in [1.82, 2.24) is 0 Å². The molecule has 0 bridgehead atoms. The summed E-state index contributed by atoms with van der Waals surface area (Å²) in [5.74, 6) is -1.08. The van der Waals surface area contributed by atoms with Gasteiger partial charge in [-0.15, -0.1) is 0 Å².